The fraction of sp³-hybridized carbons (Fsp3) is 0.615. The summed E-state index contributed by atoms with van der Waals surface area (Å²) in [6.45, 7) is 0.174. The first-order valence-corrected chi connectivity index (χ1v) is 7.73. The van der Waals surface area contributed by atoms with Gasteiger partial charge in [-0.1, -0.05) is 0 Å². The number of imide groups is 1. The number of carbonyl (C=O) groups is 2. The number of amides is 3. The van der Waals surface area contributed by atoms with Crippen LogP contribution in [0.1, 0.15) is 42.3 Å². The van der Waals surface area contributed by atoms with Gasteiger partial charge >= 0.3 is 6.03 Å². The third kappa shape index (κ3) is 3.04. The molecule has 8 heteroatoms. The van der Waals surface area contributed by atoms with Gasteiger partial charge in [-0.3, -0.25) is 9.69 Å². The number of hydrogen-bond acceptors (Lipinski definition) is 4. The fourth-order valence-electron chi connectivity index (χ4n) is 2.67. The Morgan fingerprint density at radius 1 is 1.38 bits per heavy atom. The molecule has 5 nitrogen and oxygen atoms in total. The van der Waals surface area contributed by atoms with Crippen molar-refractivity contribution in [2.45, 2.75) is 44.1 Å². The monoisotopic (exact) mass is 315 g/mol. The number of hydrogen-bond donors (Lipinski definition) is 1. The van der Waals surface area contributed by atoms with Crippen LogP contribution < -0.4 is 5.32 Å². The number of nitrogens with one attached hydrogen (secondary N) is 1. The van der Waals surface area contributed by atoms with Gasteiger partial charge in [-0.05, 0) is 12.8 Å². The summed E-state index contributed by atoms with van der Waals surface area (Å²) in [6.07, 6.45) is 0.660. The summed E-state index contributed by atoms with van der Waals surface area (Å²) in [7, 11) is 0. The second-order valence-electron chi connectivity index (χ2n) is 5.43. The van der Waals surface area contributed by atoms with Crippen molar-refractivity contribution in [2.24, 2.45) is 0 Å². The Balaban J connectivity index is 1.64. The molecular weight excluding hydrogens is 300 g/mol. The van der Waals surface area contributed by atoms with Crippen LogP contribution in [0.25, 0.3) is 0 Å². The van der Waals surface area contributed by atoms with Crippen LogP contribution in [0.5, 0.6) is 0 Å². The van der Waals surface area contributed by atoms with E-state index in [2.05, 4.69) is 10.3 Å². The summed E-state index contributed by atoms with van der Waals surface area (Å²) in [5.41, 5.74) is 0.803. The van der Waals surface area contributed by atoms with Crippen molar-refractivity contribution >= 4 is 23.3 Å². The lowest BCUT2D eigenvalue weighted by Crippen LogP contribution is -2.30. The predicted molar refractivity (Wildman–Crippen MR) is 72.2 cm³/mol. The molecule has 0 spiro atoms. The van der Waals surface area contributed by atoms with E-state index in [-0.39, 0.29) is 37.8 Å². The van der Waals surface area contributed by atoms with E-state index in [1.54, 1.807) is 0 Å². The molecule has 2 fully saturated rings. The summed E-state index contributed by atoms with van der Waals surface area (Å²) in [5, 5.41) is 4.96. The molecule has 1 aliphatic heterocycles. The van der Waals surface area contributed by atoms with Crippen molar-refractivity contribution in [2.75, 3.05) is 6.54 Å². The molecular formula is C13H15F2N3O2S. The quantitative estimate of drug-likeness (QED) is 0.872. The van der Waals surface area contributed by atoms with E-state index in [0.717, 1.165) is 10.6 Å². The highest BCUT2D eigenvalue weighted by molar-refractivity contribution is 7.09. The standard InChI is InChI=1S/C13H15F2N3O2S/c14-13(15)3-1-8(2-4-13)9-7-21-10(17-9)6-18-11(19)5-16-12(18)20/h7-8H,1-6H2,(H,16,20). The molecule has 1 aliphatic carbocycles. The van der Waals surface area contributed by atoms with Gasteiger partial charge in [0, 0.05) is 24.1 Å². The van der Waals surface area contributed by atoms with Crippen molar-refractivity contribution in [1.29, 1.82) is 0 Å². The molecule has 0 bridgehead atoms. The van der Waals surface area contributed by atoms with Crippen molar-refractivity contribution in [3.63, 3.8) is 0 Å². The number of thiazole rings is 1. The molecule has 2 heterocycles. The van der Waals surface area contributed by atoms with Crippen LogP contribution in [-0.4, -0.2) is 34.3 Å². The zero-order chi connectivity index (χ0) is 15.0. The van der Waals surface area contributed by atoms with Crippen LogP contribution in [0.3, 0.4) is 0 Å². The number of alkyl halides is 2. The van der Waals surface area contributed by atoms with Gasteiger partial charge in [0.2, 0.25) is 11.8 Å². The second kappa shape index (κ2) is 5.32. The lowest BCUT2D eigenvalue weighted by atomic mass is 9.85. The van der Waals surface area contributed by atoms with Gasteiger partial charge < -0.3 is 5.32 Å². The number of rotatable bonds is 3. The minimum Gasteiger partial charge on any atom is -0.329 e. The number of carbonyl (C=O) groups excluding carboxylic acids is 2. The van der Waals surface area contributed by atoms with Gasteiger partial charge in [0.25, 0.3) is 0 Å². The maximum Gasteiger partial charge on any atom is 0.324 e. The van der Waals surface area contributed by atoms with E-state index in [0.29, 0.717) is 17.8 Å². The highest BCUT2D eigenvalue weighted by Crippen LogP contribution is 2.41. The van der Waals surface area contributed by atoms with E-state index in [9.17, 15) is 18.4 Å². The van der Waals surface area contributed by atoms with Crippen molar-refractivity contribution < 1.29 is 18.4 Å². The van der Waals surface area contributed by atoms with E-state index >= 15 is 0 Å². The van der Waals surface area contributed by atoms with Crippen LogP contribution >= 0.6 is 11.3 Å². The van der Waals surface area contributed by atoms with E-state index < -0.39 is 12.0 Å². The second-order valence-corrected chi connectivity index (χ2v) is 6.38. The highest BCUT2D eigenvalue weighted by atomic mass is 32.1. The van der Waals surface area contributed by atoms with Crippen LogP contribution in [0.4, 0.5) is 13.6 Å². The Hall–Kier alpha value is -1.57. The predicted octanol–water partition coefficient (Wildman–Crippen LogP) is 2.49. The first kappa shape index (κ1) is 14.4. The topological polar surface area (TPSA) is 62.3 Å². The number of halogens is 2. The number of urea groups is 1. The largest absolute Gasteiger partial charge is 0.329 e. The Morgan fingerprint density at radius 3 is 2.71 bits per heavy atom. The summed E-state index contributed by atoms with van der Waals surface area (Å²) < 4.78 is 26.3. The molecule has 3 amide bonds. The molecule has 1 aromatic rings. The smallest absolute Gasteiger partial charge is 0.324 e. The Kier molecular flexibility index (Phi) is 3.64. The molecule has 1 saturated heterocycles. The zero-order valence-electron chi connectivity index (χ0n) is 11.3. The minimum atomic E-state index is -2.55. The average Bonchev–Trinajstić information content (AvgIpc) is 3.01. The molecule has 2 aliphatic rings. The van der Waals surface area contributed by atoms with Crippen LogP contribution in [-0.2, 0) is 11.3 Å². The highest BCUT2D eigenvalue weighted by Gasteiger charge is 2.36. The first-order valence-electron chi connectivity index (χ1n) is 6.85. The third-order valence-corrected chi connectivity index (χ3v) is 4.79. The molecule has 1 N–H and O–H groups in total. The Bertz CT molecular complexity index is 550. The van der Waals surface area contributed by atoms with Gasteiger partial charge in [0.1, 0.15) is 5.01 Å². The summed E-state index contributed by atoms with van der Waals surface area (Å²) in [6, 6.07) is -0.408. The van der Waals surface area contributed by atoms with Gasteiger partial charge in [-0.25, -0.2) is 18.6 Å². The number of aromatic nitrogens is 1. The molecule has 0 unspecified atom stereocenters. The van der Waals surface area contributed by atoms with E-state index in [1.165, 1.54) is 11.3 Å². The van der Waals surface area contributed by atoms with Crippen molar-refractivity contribution in [3.05, 3.63) is 16.1 Å². The normalized spacial score (nSPS) is 22.7. The lowest BCUT2D eigenvalue weighted by Gasteiger charge is -2.27. The fourth-order valence-corrected chi connectivity index (χ4v) is 3.54. The summed E-state index contributed by atoms with van der Waals surface area (Å²) in [5.74, 6) is -2.76. The molecule has 0 aromatic carbocycles. The van der Waals surface area contributed by atoms with Gasteiger partial charge in [0.15, 0.2) is 0 Å². The van der Waals surface area contributed by atoms with Crippen LogP contribution in [0.15, 0.2) is 5.38 Å². The summed E-state index contributed by atoms with van der Waals surface area (Å²) in [4.78, 5) is 28.5. The molecule has 0 atom stereocenters. The SMILES string of the molecule is O=C1CNC(=O)N1Cc1nc(C2CCC(F)(F)CC2)cs1. The average molecular weight is 315 g/mol. The van der Waals surface area contributed by atoms with Crippen LogP contribution in [0, 0.1) is 0 Å². The molecule has 1 aromatic heterocycles. The lowest BCUT2D eigenvalue weighted by molar-refractivity contribution is -0.125. The first-order chi connectivity index (χ1) is 9.94. The molecule has 3 rings (SSSR count). The van der Waals surface area contributed by atoms with Crippen molar-refractivity contribution in [3.8, 4) is 0 Å². The molecule has 114 valence electrons. The van der Waals surface area contributed by atoms with Crippen LogP contribution in [0.2, 0.25) is 0 Å². The Labute approximate surface area is 124 Å². The Morgan fingerprint density at radius 2 is 2.10 bits per heavy atom. The zero-order valence-corrected chi connectivity index (χ0v) is 12.1. The van der Waals surface area contributed by atoms with Crippen molar-refractivity contribution in [1.82, 2.24) is 15.2 Å². The maximum atomic E-state index is 13.1. The molecule has 0 radical (unpaired) electrons. The van der Waals surface area contributed by atoms with Gasteiger partial charge in [-0.15, -0.1) is 11.3 Å². The third-order valence-electron chi connectivity index (χ3n) is 3.94. The summed E-state index contributed by atoms with van der Waals surface area (Å²) >= 11 is 1.36. The minimum absolute atomic E-state index is 0.0226. The number of nitrogens with zero attached hydrogens (tertiary/aromatic N) is 2. The van der Waals surface area contributed by atoms with E-state index in [4.69, 9.17) is 0 Å². The molecule has 1 saturated carbocycles. The van der Waals surface area contributed by atoms with E-state index in [1.807, 2.05) is 5.38 Å². The van der Waals surface area contributed by atoms with Gasteiger partial charge in [0.05, 0.1) is 18.8 Å². The molecule has 21 heavy (non-hydrogen) atoms. The van der Waals surface area contributed by atoms with Gasteiger partial charge in [-0.2, -0.15) is 0 Å². The maximum absolute atomic E-state index is 13.1.